The lowest BCUT2D eigenvalue weighted by Crippen LogP contribution is -3.26. The van der Waals surface area contributed by atoms with Gasteiger partial charge in [-0.1, -0.05) is 6.42 Å². The summed E-state index contributed by atoms with van der Waals surface area (Å²) in [6.45, 7) is 7.23. The van der Waals surface area contributed by atoms with Crippen molar-refractivity contribution in [2.24, 2.45) is 0 Å². The molecule has 2 fully saturated rings. The van der Waals surface area contributed by atoms with Gasteiger partial charge in [-0.25, -0.2) is 0 Å². The zero-order chi connectivity index (χ0) is 14.4. The molecule has 1 saturated heterocycles. The van der Waals surface area contributed by atoms with E-state index in [2.05, 4.69) is 18.9 Å². The van der Waals surface area contributed by atoms with Gasteiger partial charge >= 0.3 is 5.97 Å². The maximum absolute atomic E-state index is 11.3. The first kappa shape index (κ1) is 15.3. The topological polar surface area (TPSA) is 35.2 Å². The first-order valence-electron chi connectivity index (χ1n) is 7.94. The molecule has 20 heavy (non-hydrogen) atoms. The molecule has 4 heteroatoms. The molecule has 0 amide bonds. The molecule has 0 spiro atoms. The van der Waals surface area contributed by atoms with E-state index < -0.39 is 5.60 Å². The van der Waals surface area contributed by atoms with Crippen LogP contribution in [0.5, 0.6) is 0 Å². The third kappa shape index (κ3) is 4.50. The average Bonchev–Trinajstić information content (AvgIpc) is 2.41. The van der Waals surface area contributed by atoms with Gasteiger partial charge in [0.05, 0.1) is 7.05 Å². The largest absolute Gasteiger partial charge is 0.446 e. The van der Waals surface area contributed by atoms with Crippen LogP contribution in [-0.4, -0.2) is 51.3 Å². The summed E-state index contributed by atoms with van der Waals surface area (Å²) in [6, 6.07) is 0. The summed E-state index contributed by atoms with van der Waals surface area (Å²) in [6.07, 6.45) is 5.28. The summed E-state index contributed by atoms with van der Waals surface area (Å²) in [7, 11) is 2.25. The van der Waals surface area contributed by atoms with Crippen molar-refractivity contribution < 1.29 is 19.3 Å². The highest BCUT2D eigenvalue weighted by molar-refractivity contribution is 5.67. The van der Waals surface area contributed by atoms with Crippen LogP contribution in [0.3, 0.4) is 0 Å². The Morgan fingerprint density at radius 3 is 2.40 bits per heavy atom. The Labute approximate surface area is 122 Å². The van der Waals surface area contributed by atoms with Gasteiger partial charge in [0.25, 0.3) is 0 Å². The molecule has 0 aromatic rings. The van der Waals surface area contributed by atoms with Crippen LogP contribution in [0.2, 0.25) is 0 Å². The molecule has 0 aromatic carbocycles. The summed E-state index contributed by atoms with van der Waals surface area (Å²) < 4.78 is 5.56. The number of hydrogen-bond acceptors (Lipinski definition) is 2. The van der Waals surface area contributed by atoms with Crippen molar-refractivity contribution >= 4 is 5.97 Å². The van der Waals surface area contributed by atoms with Crippen molar-refractivity contribution in [3.05, 3.63) is 0 Å². The molecule has 2 N–H and O–H groups in total. The van der Waals surface area contributed by atoms with Crippen molar-refractivity contribution in [1.82, 2.24) is 0 Å². The van der Waals surface area contributed by atoms with Crippen LogP contribution < -0.4 is 9.80 Å². The molecule has 1 aliphatic carbocycles. The maximum atomic E-state index is 11.3. The monoisotopic (exact) mass is 280 g/mol. The summed E-state index contributed by atoms with van der Waals surface area (Å²) in [5.74, 6) is 6.42. The van der Waals surface area contributed by atoms with Crippen LogP contribution in [0.4, 0.5) is 0 Å². The number of carbonyl (C=O) groups is 1. The van der Waals surface area contributed by atoms with Crippen molar-refractivity contribution in [3.8, 4) is 11.8 Å². The molecule has 2 aliphatic rings. The maximum Gasteiger partial charge on any atom is 0.304 e. The van der Waals surface area contributed by atoms with Crippen molar-refractivity contribution in [1.29, 1.82) is 0 Å². The molecule has 4 nitrogen and oxygen atoms in total. The smallest absolute Gasteiger partial charge is 0.304 e. The normalized spacial score (nSPS) is 29.1. The van der Waals surface area contributed by atoms with E-state index in [1.165, 1.54) is 39.5 Å². The Morgan fingerprint density at radius 2 is 1.80 bits per heavy atom. The van der Waals surface area contributed by atoms with Gasteiger partial charge in [-0.05, 0) is 37.5 Å². The van der Waals surface area contributed by atoms with Crippen LogP contribution in [-0.2, 0) is 9.53 Å². The predicted molar refractivity (Wildman–Crippen MR) is 77.5 cm³/mol. The van der Waals surface area contributed by atoms with E-state index in [-0.39, 0.29) is 5.97 Å². The predicted octanol–water partition coefficient (Wildman–Crippen LogP) is -1.33. The number of esters is 1. The minimum atomic E-state index is -0.485. The molecule has 1 heterocycles. The first-order valence-corrected chi connectivity index (χ1v) is 7.94. The molecule has 112 valence electrons. The lowest BCUT2D eigenvalue weighted by Gasteiger charge is -2.31. The highest BCUT2D eigenvalue weighted by Crippen LogP contribution is 2.31. The van der Waals surface area contributed by atoms with Crippen LogP contribution in [0.1, 0.15) is 39.0 Å². The molecule has 0 radical (unpaired) electrons. The Bertz CT molecular complexity index is 383. The fourth-order valence-electron chi connectivity index (χ4n) is 3.19. The number of ether oxygens (including phenoxy) is 1. The van der Waals surface area contributed by atoms with Gasteiger partial charge < -0.3 is 14.5 Å². The minimum absolute atomic E-state index is 0.197. The molecule has 0 bridgehead atoms. The Hall–Kier alpha value is -1.05. The standard InChI is InChI=1S/C16H26N2O2/c1-15(19)20-16(7-4-3-5-8-16)9-6-10-18-13-11-17(2)12-14-18/h3-5,7-8,10-14H2,1-2H3/p+2. The molecule has 1 saturated carbocycles. The van der Waals surface area contributed by atoms with Gasteiger partial charge in [0.2, 0.25) is 0 Å². The van der Waals surface area contributed by atoms with Crippen LogP contribution in [0.15, 0.2) is 0 Å². The van der Waals surface area contributed by atoms with E-state index in [0.29, 0.717) is 0 Å². The summed E-state index contributed by atoms with van der Waals surface area (Å²) in [5, 5.41) is 0. The van der Waals surface area contributed by atoms with Crippen LogP contribution >= 0.6 is 0 Å². The molecule has 0 unspecified atom stereocenters. The third-order valence-electron chi connectivity index (χ3n) is 4.47. The van der Waals surface area contributed by atoms with E-state index in [4.69, 9.17) is 4.74 Å². The molecule has 2 rings (SSSR count). The highest BCUT2D eigenvalue weighted by atomic mass is 16.6. The van der Waals surface area contributed by atoms with Gasteiger partial charge in [0.15, 0.2) is 5.60 Å². The molecule has 0 aromatic heterocycles. The number of hydrogen-bond donors (Lipinski definition) is 2. The van der Waals surface area contributed by atoms with Gasteiger partial charge in [0, 0.05) is 6.92 Å². The second-order valence-electron chi connectivity index (χ2n) is 6.33. The number of likely N-dealkylation sites (N-methyl/N-ethyl adjacent to an activating group) is 1. The molecular formula is C16H28N2O2+2. The molecule has 0 atom stereocenters. The third-order valence-corrected chi connectivity index (χ3v) is 4.47. The number of rotatable bonds is 2. The number of carbonyl (C=O) groups excluding carboxylic acids is 1. The van der Waals surface area contributed by atoms with Crippen molar-refractivity contribution in [2.75, 3.05) is 39.8 Å². The van der Waals surface area contributed by atoms with Crippen molar-refractivity contribution in [2.45, 2.75) is 44.6 Å². The number of piperazine rings is 1. The van der Waals surface area contributed by atoms with Crippen LogP contribution in [0, 0.1) is 11.8 Å². The lowest BCUT2D eigenvalue weighted by atomic mass is 9.85. The van der Waals surface area contributed by atoms with E-state index >= 15 is 0 Å². The lowest BCUT2D eigenvalue weighted by molar-refractivity contribution is -1.000. The second kappa shape index (κ2) is 7.10. The summed E-state index contributed by atoms with van der Waals surface area (Å²) in [5.41, 5.74) is -0.485. The second-order valence-corrected chi connectivity index (χ2v) is 6.33. The first-order chi connectivity index (χ1) is 9.60. The van der Waals surface area contributed by atoms with Crippen LogP contribution in [0.25, 0.3) is 0 Å². The van der Waals surface area contributed by atoms with E-state index in [1.54, 1.807) is 9.80 Å². The minimum Gasteiger partial charge on any atom is -0.446 e. The Balaban J connectivity index is 1.91. The summed E-state index contributed by atoms with van der Waals surface area (Å²) in [4.78, 5) is 14.5. The van der Waals surface area contributed by atoms with E-state index in [0.717, 1.165) is 32.2 Å². The van der Waals surface area contributed by atoms with Gasteiger partial charge in [0.1, 0.15) is 32.7 Å². The fraction of sp³-hybridized carbons (Fsp3) is 0.812. The fourth-order valence-corrected chi connectivity index (χ4v) is 3.19. The van der Waals surface area contributed by atoms with E-state index in [9.17, 15) is 4.79 Å². The van der Waals surface area contributed by atoms with Gasteiger partial charge in [-0.15, -0.1) is 0 Å². The zero-order valence-electron chi connectivity index (χ0n) is 12.9. The summed E-state index contributed by atoms with van der Waals surface area (Å²) >= 11 is 0. The Kier molecular flexibility index (Phi) is 5.45. The SMILES string of the molecule is CC(=O)OC1(C#CC[NH+]2CC[NH+](C)CC2)CCCCC1. The highest BCUT2D eigenvalue weighted by Gasteiger charge is 2.33. The zero-order valence-corrected chi connectivity index (χ0v) is 12.9. The van der Waals surface area contributed by atoms with E-state index in [1.807, 2.05) is 0 Å². The van der Waals surface area contributed by atoms with Gasteiger partial charge in [-0.2, -0.15) is 0 Å². The van der Waals surface area contributed by atoms with Gasteiger partial charge in [-0.3, -0.25) is 4.79 Å². The quantitative estimate of drug-likeness (QED) is 0.486. The Morgan fingerprint density at radius 1 is 1.15 bits per heavy atom. The number of nitrogens with one attached hydrogen (secondary N) is 2. The molecule has 1 aliphatic heterocycles. The van der Waals surface area contributed by atoms with Crippen molar-refractivity contribution in [3.63, 3.8) is 0 Å². The number of quaternary nitrogens is 2. The average molecular weight is 280 g/mol. The molecular weight excluding hydrogens is 252 g/mol.